The third kappa shape index (κ3) is 1.83. The van der Waals surface area contributed by atoms with E-state index in [1.807, 2.05) is 11.8 Å². The number of benzene rings is 1. The average molecular weight is 272 g/mol. The molecule has 19 heavy (non-hydrogen) atoms. The van der Waals surface area contributed by atoms with Gasteiger partial charge in [-0.25, -0.2) is 0 Å². The summed E-state index contributed by atoms with van der Waals surface area (Å²) in [5.74, 6) is 2.82. The van der Waals surface area contributed by atoms with Crippen LogP contribution in [0.3, 0.4) is 0 Å². The fraction of sp³-hybridized carbons (Fsp3) is 0.500. The van der Waals surface area contributed by atoms with Gasteiger partial charge in [0.25, 0.3) is 0 Å². The van der Waals surface area contributed by atoms with Crippen LogP contribution in [0.15, 0.2) is 24.4 Å². The first kappa shape index (κ1) is 11.9. The zero-order chi connectivity index (χ0) is 12.8. The molecule has 1 fully saturated rings. The molecular weight excluding hydrogens is 252 g/mol. The molecule has 2 nitrogen and oxygen atoms in total. The molecule has 2 heterocycles. The molecule has 0 radical (unpaired) electrons. The van der Waals surface area contributed by atoms with Crippen molar-refractivity contribution in [2.75, 3.05) is 18.6 Å². The number of fused-ring (bicyclic) bond motifs is 2. The zero-order valence-corrected chi connectivity index (χ0v) is 12.1. The summed E-state index contributed by atoms with van der Waals surface area (Å²) in [6, 6.07) is 7.41. The molecule has 2 aliphatic rings. The van der Waals surface area contributed by atoms with Crippen LogP contribution >= 0.6 is 11.8 Å². The number of aromatic amines is 1. The van der Waals surface area contributed by atoms with E-state index in [1.54, 1.807) is 5.56 Å². The number of H-pyrrole nitrogens is 1. The van der Waals surface area contributed by atoms with Gasteiger partial charge in [0.1, 0.15) is 0 Å². The highest BCUT2D eigenvalue weighted by Crippen LogP contribution is 2.42. The van der Waals surface area contributed by atoms with Crippen LogP contribution in [0.4, 0.5) is 0 Å². The molecule has 0 bridgehead atoms. The second kappa shape index (κ2) is 4.57. The van der Waals surface area contributed by atoms with Gasteiger partial charge in [-0.05, 0) is 54.5 Å². The fourth-order valence-corrected chi connectivity index (χ4v) is 4.71. The smallest absolute Gasteiger partial charge is 0.0459 e. The first-order valence-electron chi connectivity index (χ1n) is 7.18. The van der Waals surface area contributed by atoms with E-state index in [0.717, 1.165) is 5.92 Å². The van der Waals surface area contributed by atoms with Crippen molar-refractivity contribution in [2.24, 2.45) is 5.92 Å². The predicted molar refractivity (Wildman–Crippen MR) is 83.0 cm³/mol. The Morgan fingerprint density at radius 1 is 1.37 bits per heavy atom. The first-order chi connectivity index (χ1) is 9.36. The summed E-state index contributed by atoms with van der Waals surface area (Å²) in [7, 11) is 0. The van der Waals surface area contributed by atoms with Gasteiger partial charge in [-0.3, -0.25) is 0 Å². The minimum absolute atomic E-state index is 0.645. The molecule has 2 N–H and O–H groups in total. The van der Waals surface area contributed by atoms with Crippen molar-refractivity contribution < 1.29 is 0 Å². The van der Waals surface area contributed by atoms with Crippen molar-refractivity contribution in [2.45, 2.75) is 24.8 Å². The highest BCUT2D eigenvalue weighted by atomic mass is 32.2. The standard InChI is InChI=1S/C16H20N2S/c1-19-9-10-5-13-12-3-2-4-14-16(12)11(8-18-14)6-15(13)17-7-10/h2-4,8,10,13,15,17-18H,5-7,9H2,1H3/t10?,13-,15-/m1/s1. The lowest BCUT2D eigenvalue weighted by atomic mass is 9.73. The largest absolute Gasteiger partial charge is 0.361 e. The van der Waals surface area contributed by atoms with Gasteiger partial charge >= 0.3 is 0 Å². The number of piperidine rings is 1. The molecule has 1 aromatic carbocycles. The number of aromatic nitrogens is 1. The third-order valence-electron chi connectivity index (χ3n) is 4.80. The van der Waals surface area contributed by atoms with Crippen molar-refractivity contribution in [3.05, 3.63) is 35.5 Å². The van der Waals surface area contributed by atoms with E-state index >= 15 is 0 Å². The van der Waals surface area contributed by atoms with Crippen LogP contribution in [0.2, 0.25) is 0 Å². The number of hydrogen-bond donors (Lipinski definition) is 2. The summed E-state index contributed by atoms with van der Waals surface area (Å²) in [6.45, 7) is 1.19. The normalized spacial score (nSPS) is 29.4. The number of nitrogens with one attached hydrogen (secondary N) is 2. The Kier molecular flexibility index (Phi) is 2.85. The van der Waals surface area contributed by atoms with Crippen LogP contribution in [0.5, 0.6) is 0 Å². The Hall–Kier alpha value is -0.930. The minimum Gasteiger partial charge on any atom is -0.361 e. The number of rotatable bonds is 2. The van der Waals surface area contributed by atoms with Crippen LogP contribution in [0, 0.1) is 5.92 Å². The highest BCUT2D eigenvalue weighted by Gasteiger charge is 2.35. The molecule has 1 aliphatic carbocycles. The molecule has 2 aromatic rings. The molecule has 3 atom stereocenters. The van der Waals surface area contributed by atoms with Gasteiger partial charge in [0.15, 0.2) is 0 Å². The molecule has 0 spiro atoms. The zero-order valence-electron chi connectivity index (χ0n) is 11.3. The molecule has 1 aliphatic heterocycles. The second-order valence-corrected chi connectivity index (χ2v) is 6.88. The topological polar surface area (TPSA) is 27.8 Å². The first-order valence-corrected chi connectivity index (χ1v) is 8.57. The molecule has 100 valence electrons. The van der Waals surface area contributed by atoms with Gasteiger partial charge in [0, 0.05) is 29.1 Å². The molecule has 0 saturated carbocycles. The summed E-state index contributed by atoms with van der Waals surface area (Å²) < 4.78 is 0. The van der Waals surface area contributed by atoms with E-state index in [0.29, 0.717) is 12.0 Å². The molecule has 1 unspecified atom stereocenters. The third-order valence-corrected chi connectivity index (χ3v) is 5.61. The molecule has 4 rings (SSSR count). The molecule has 1 aromatic heterocycles. The lowest BCUT2D eigenvalue weighted by molar-refractivity contribution is 0.286. The van der Waals surface area contributed by atoms with Crippen molar-refractivity contribution in [3.63, 3.8) is 0 Å². The van der Waals surface area contributed by atoms with Crippen LogP contribution in [0.1, 0.15) is 23.5 Å². The van der Waals surface area contributed by atoms with Crippen molar-refractivity contribution >= 4 is 22.7 Å². The van der Waals surface area contributed by atoms with Crippen molar-refractivity contribution in [1.82, 2.24) is 10.3 Å². The maximum absolute atomic E-state index is 3.80. The Bertz CT molecular complexity index is 604. The van der Waals surface area contributed by atoms with E-state index in [2.05, 4.69) is 41.0 Å². The summed E-state index contributed by atoms with van der Waals surface area (Å²) >= 11 is 1.98. The van der Waals surface area contributed by atoms with E-state index < -0.39 is 0 Å². The van der Waals surface area contributed by atoms with Crippen LogP contribution in [0.25, 0.3) is 10.9 Å². The molecule has 1 saturated heterocycles. The Balaban J connectivity index is 1.76. The maximum Gasteiger partial charge on any atom is 0.0459 e. The van der Waals surface area contributed by atoms with Gasteiger partial charge in [0.2, 0.25) is 0 Å². The minimum atomic E-state index is 0.645. The summed E-state index contributed by atoms with van der Waals surface area (Å²) in [5.41, 5.74) is 4.39. The summed E-state index contributed by atoms with van der Waals surface area (Å²) in [4.78, 5) is 3.43. The Labute approximate surface area is 118 Å². The van der Waals surface area contributed by atoms with E-state index in [-0.39, 0.29) is 0 Å². The van der Waals surface area contributed by atoms with Crippen LogP contribution in [-0.4, -0.2) is 29.6 Å². The van der Waals surface area contributed by atoms with Gasteiger partial charge < -0.3 is 10.3 Å². The number of thioether (sulfide) groups is 1. The lowest BCUT2D eigenvalue weighted by Gasteiger charge is -2.40. The summed E-state index contributed by atoms with van der Waals surface area (Å²) in [5, 5.41) is 5.31. The maximum atomic E-state index is 3.80. The average Bonchev–Trinajstić information content (AvgIpc) is 2.85. The predicted octanol–water partition coefficient (Wildman–Crippen LogP) is 3.15. The van der Waals surface area contributed by atoms with Gasteiger partial charge in [-0.2, -0.15) is 11.8 Å². The highest BCUT2D eigenvalue weighted by molar-refractivity contribution is 7.98. The van der Waals surface area contributed by atoms with E-state index in [1.165, 1.54) is 41.6 Å². The number of hydrogen-bond acceptors (Lipinski definition) is 2. The molecular formula is C16H20N2S. The Morgan fingerprint density at radius 2 is 2.32 bits per heavy atom. The monoisotopic (exact) mass is 272 g/mol. The Morgan fingerprint density at radius 3 is 3.21 bits per heavy atom. The van der Waals surface area contributed by atoms with Crippen molar-refractivity contribution in [3.8, 4) is 0 Å². The van der Waals surface area contributed by atoms with Crippen LogP contribution < -0.4 is 5.32 Å². The van der Waals surface area contributed by atoms with Gasteiger partial charge in [0.05, 0.1) is 0 Å². The van der Waals surface area contributed by atoms with Crippen LogP contribution in [-0.2, 0) is 6.42 Å². The SMILES string of the molecule is CSCC1CN[C@@H]2Cc3c[nH]c4cccc(c34)[C@H]2C1. The van der Waals surface area contributed by atoms with Gasteiger partial charge in [-0.15, -0.1) is 0 Å². The molecule has 0 amide bonds. The summed E-state index contributed by atoms with van der Waals surface area (Å²) in [6.07, 6.45) is 6.97. The van der Waals surface area contributed by atoms with Gasteiger partial charge in [-0.1, -0.05) is 12.1 Å². The second-order valence-electron chi connectivity index (χ2n) is 5.97. The van der Waals surface area contributed by atoms with Crippen molar-refractivity contribution in [1.29, 1.82) is 0 Å². The van der Waals surface area contributed by atoms with E-state index in [4.69, 9.17) is 0 Å². The van der Waals surface area contributed by atoms with E-state index in [9.17, 15) is 0 Å². The fourth-order valence-electron chi connectivity index (χ4n) is 3.98. The molecule has 3 heteroatoms. The lowest BCUT2D eigenvalue weighted by Crippen LogP contribution is -2.47. The quantitative estimate of drug-likeness (QED) is 0.879.